The van der Waals surface area contributed by atoms with Crippen LogP contribution in [0.2, 0.25) is 0 Å². The van der Waals surface area contributed by atoms with Crippen molar-refractivity contribution in [2.75, 3.05) is 24.6 Å². The Hall–Kier alpha value is -1.15. The van der Waals surface area contributed by atoms with Crippen LogP contribution in [0, 0.1) is 19.8 Å². The van der Waals surface area contributed by atoms with Crippen molar-refractivity contribution < 1.29 is 8.42 Å². The molecule has 2 heterocycles. The Morgan fingerprint density at radius 1 is 1.41 bits per heavy atom. The van der Waals surface area contributed by atoms with Crippen LogP contribution in [0.15, 0.2) is 4.99 Å². The molecule has 1 atom stereocenters. The van der Waals surface area contributed by atoms with Crippen molar-refractivity contribution >= 4 is 27.1 Å². The summed E-state index contributed by atoms with van der Waals surface area (Å²) in [7, 11) is -2.82. The minimum atomic E-state index is -2.82. The number of hydrogen-bond acceptors (Lipinski definition) is 5. The van der Waals surface area contributed by atoms with Gasteiger partial charge in [-0.15, -0.1) is 11.3 Å². The van der Waals surface area contributed by atoms with E-state index in [9.17, 15) is 8.42 Å². The summed E-state index contributed by atoms with van der Waals surface area (Å²) in [5, 5.41) is 7.51. The van der Waals surface area contributed by atoms with Crippen LogP contribution in [0.4, 0.5) is 0 Å². The third-order valence-corrected chi connectivity index (χ3v) is 6.50. The van der Waals surface area contributed by atoms with Gasteiger partial charge >= 0.3 is 0 Å². The summed E-state index contributed by atoms with van der Waals surface area (Å²) in [6.45, 7) is 8.02. The zero-order valence-corrected chi connectivity index (χ0v) is 15.0. The number of aromatic nitrogens is 1. The van der Waals surface area contributed by atoms with Gasteiger partial charge in [0, 0.05) is 18.0 Å². The van der Waals surface area contributed by atoms with Crippen molar-refractivity contribution in [3.8, 4) is 0 Å². The fourth-order valence-electron chi connectivity index (χ4n) is 2.49. The molecule has 0 saturated carbocycles. The van der Waals surface area contributed by atoms with Crippen LogP contribution in [0.5, 0.6) is 0 Å². The van der Waals surface area contributed by atoms with Gasteiger partial charge < -0.3 is 10.6 Å². The largest absolute Gasteiger partial charge is 0.357 e. The van der Waals surface area contributed by atoms with Gasteiger partial charge in [0.25, 0.3) is 0 Å². The van der Waals surface area contributed by atoms with E-state index in [1.165, 1.54) is 0 Å². The van der Waals surface area contributed by atoms with E-state index in [-0.39, 0.29) is 11.7 Å². The molecule has 124 valence electrons. The molecule has 2 rings (SSSR count). The van der Waals surface area contributed by atoms with Gasteiger partial charge in [0.1, 0.15) is 0 Å². The van der Waals surface area contributed by atoms with Crippen LogP contribution < -0.4 is 10.6 Å². The highest BCUT2D eigenvalue weighted by atomic mass is 32.2. The highest BCUT2D eigenvalue weighted by molar-refractivity contribution is 7.91. The predicted octanol–water partition coefficient (Wildman–Crippen LogP) is 1.25. The number of rotatable bonds is 5. The molecular formula is C14H24N4O2S2. The van der Waals surface area contributed by atoms with Crippen LogP contribution in [-0.4, -0.2) is 44.0 Å². The van der Waals surface area contributed by atoms with Gasteiger partial charge in [0.15, 0.2) is 15.8 Å². The Balaban J connectivity index is 1.91. The lowest BCUT2D eigenvalue weighted by Crippen LogP contribution is -2.40. The maximum atomic E-state index is 11.5. The van der Waals surface area contributed by atoms with E-state index in [1.807, 2.05) is 20.8 Å². The lowest BCUT2D eigenvalue weighted by Gasteiger charge is -2.14. The monoisotopic (exact) mass is 344 g/mol. The number of guanidine groups is 1. The zero-order chi connectivity index (χ0) is 16.2. The number of aryl methyl sites for hydroxylation is 2. The van der Waals surface area contributed by atoms with E-state index in [2.05, 4.69) is 20.6 Å². The van der Waals surface area contributed by atoms with E-state index in [0.29, 0.717) is 18.8 Å². The number of thiazole rings is 1. The third kappa shape index (κ3) is 4.95. The smallest absolute Gasteiger partial charge is 0.191 e. The molecule has 0 amide bonds. The number of sulfone groups is 1. The first-order valence-corrected chi connectivity index (χ1v) is 10.2. The third-order valence-electron chi connectivity index (χ3n) is 3.61. The summed E-state index contributed by atoms with van der Waals surface area (Å²) in [4.78, 5) is 10.1. The molecule has 1 aromatic heterocycles. The molecule has 0 aromatic carbocycles. The number of aliphatic imine (C=N–C) groups is 1. The summed E-state index contributed by atoms with van der Waals surface area (Å²) in [5.41, 5.74) is 1.03. The molecule has 8 heteroatoms. The second-order valence-corrected chi connectivity index (χ2v) is 9.10. The van der Waals surface area contributed by atoms with Gasteiger partial charge in [-0.1, -0.05) is 0 Å². The van der Waals surface area contributed by atoms with Gasteiger partial charge in [-0.05, 0) is 33.1 Å². The average Bonchev–Trinajstić information content (AvgIpc) is 2.95. The first-order valence-electron chi connectivity index (χ1n) is 7.55. The minimum absolute atomic E-state index is 0.182. The first kappa shape index (κ1) is 17.2. The summed E-state index contributed by atoms with van der Waals surface area (Å²) in [5.74, 6) is 1.51. The molecule has 1 fully saturated rings. The molecule has 0 bridgehead atoms. The second-order valence-electron chi connectivity index (χ2n) is 5.59. The summed E-state index contributed by atoms with van der Waals surface area (Å²) < 4.78 is 23.0. The van der Waals surface area contributed by atoms with Crippen molar-refractivity contribution in [2.45, 2.75) is 33.7 Å². The first-order chi connectivity index (χ1) is 10.4. The molecule has 1 aliphatic heterocycles. The fraction of sp³-hybridized carbons (Fsp3) is 0.714. The maximum absolute atomic E-state index is 11.5. The highest BCUT2D eigenvalue weighted by Crippen LogP contribution is 2.18. The van der Waals surface area contributed by atoms with Crippen LogP contribution in [0.3, 0.4) is 0 Å². The van der Waals surface area contributed by atoms with Gasteiger partial charge in [-0.2, -0.15) is 0 Å². The summed E-state index contributed by atoms with van der Waals surface area (Å²) >= 11 is 1.66. The molecular weight excluding hydrogens is 320 g/mol. The van der Waals surface area contributed by atoms with Crippen LogP contribution in [0.1, 0.15) is 28.9 Å². The Kier molecular flexibility index (Phi) is 5.80. The molecule has 0 spiro atoms. The van der Waals surface area contributed by atoms with E-state index >= 15 is 0 Å². The lowest BCUT2D eigenvalue weighted by molar-refractivity contribution is 0.567. The van der Waals surface area contributed by atoms with E-state index in [4.69, 9.17) is 0 Å². The average molecular weight is 345 g/mol. The lowest BCUT2D eigenvalue weighted by atomic mass is 10.1. The van der Waals surface area contributed by atoms with Crippen molar-refractivity contribution in [3.05, 3.63) is 15.6 Å². The van der Waals surface area contributed by atoms with Crippen LogP contribution in [0.25, 0.3) is 0 Å². The van der Waals surface area contributed by atoms with E-state index in [1.54, 1.807) is 11.3 Å². The maximum Gasteiger partial charge on any atom is 0.191 e. The fourth-order valence-corrected chi connectivity index (χ4v) is 5.21. The Morgan fingerprint density at radius 2 is 2.18 bits per heavy atom. The van der Waals surface area contributed by atoms with Crippen LogP contribution >= 0.6 is 11.3 Å². The summed E-state index contributed by atoms with van der Waals surface area (Å²) in [6.07, 6.45) is 0.738. The molecule has 6 nitrogen and oxygen atoms in total. The number of hydrogen-bond donors (Lipinski definition) is 2. The molecule has 1 saturated heterocycles. The second kappa shape index (κ2) is 7.41. The predicted molar refractivity (Wildman–Crippen MR) is 91.2 cm³/mol. The van der Waals surface area contributed by atoms with Gasteiger partial charge in [-0.3, -0.25) is 0 Å². The standard InChI is InChI=1S/C14H24N4O2S2/c1-4-15-14(16-7-12-5-6-22(19,20)9-12)17-8-13-10(2)18-11(3)21-13/h12H,4-9H2,1-3H3,(H2,15,16,17). The Morgan fingerprint density at radius 3 is 2.73 bits per heavy atom. The highest BCUT2D eigenvalue weighted by Gasteiger charge is 2.27. The number of nitrogens with one attached hydrogen (secondary N) is 2. The Bertz CT molecular complexity index is 637. The van der Waals surface area contributed by atoms with Crippen molar-refractivity contribution in [1.82, 2.24) is 15.6 Å². The summed E-state index contributed by atoms with van der Waals surface area (Å²) in [6, 6.07) is 0. The quantitative estimate of drug-likeness (QED) is 0.620. The zero-order valence-electron chi connectivity index (χ0n) is 13.3. The Labute approximate surface area is 136 Å². The van der Waals surface area contributed by atoms with Gasteiger partial charge in [0.2, 0.25) is 0 Å². The molecule has 0 aliphatic carbocycles. The van der Waals surface area contributed by atoms with Crippen LogP contribution in [-0.2, 0) is 16.4 Å². The van der Waals surface area contributed by atoms with E-state index < -0.39 is 9.84 Å². The molecule has 0 radical (unpaired) electrons. The topological polar surface area (TPSA) is 83.4 Å². The van der Waals surface area contributed by atoms with Gasteiger partial charge in [0.05, 0.1) is 28.8 Å². The molecule has 2 N–H and O–H groups in total. The molecule has 1 aromatic rings. The van der Waals surface area contributed by atoms with E-state index in [0.717, 1.165) is 34.5 Å². The van der Waals surface area contributed by atoms with Crippen molar-refractivity contribution in [3.63, 3.8) is 0 Å². The normalized spacial score (nSPS) is 21.0. The molecule has 22 heavy (non-hydrogen) atoms. The number of nitrogens with zero attached hydrogens (tertiary/aromatic N) is 2. The van der Waals surface area contributed by atoms with Crippen molar-refractivity contribution in [1.29, 1.82) is 0 Å². The molecule has 1 unspecified atom stereocenters. The van der Waals surface area contributed by atoms with Crippen molar-refractivity contribution in [2.24, 2.45) is 10.9 Å². The van der Waals surface area contributed by atoms with Gasteiger partial charge in [-0.25, -0.2) is 18.4 Å². The SMILES string of the molecule is CCNC(=NCc1sc(C)nc1C)NCC1CCS(=O)(=O)C1. The minimum Gasteiger partial charge on any atom is -0.357 e. The molecule has 1 aliphatic rings.